The number of aliphatic hydroxyl groups excluding tert-OH is 1. The number of ether oxygens (including phenoxy) is 3. The highest BCUT2D eigenvalue weighted by Crippen LogP contribution is 2.36. The van der Waals surface area contributed by atoms with E-state index in [0.717, 1.165) is 50.9 Å². The third kappa shape index (κ3) is 7.30. The number of hydrogen-bond donors (Lipinski definition) is 2. The molecule has 3 aromatic rings. The summed E-state index contributed by atoms with van der Waals surface area (Å²) in [5, 5.41) is 22.3. The van der Waals surface area contributed by atoms with E-state index in [4.69, 9.17) is 14.2 Å². The fraction of sp³-hybridized carbons (Fsp3) is 0.485. The zero-order valence-electron chi connectivity index (χ0n) is 26.3. The normalized spacial score (nSPS) is 18.6. The summed E-state index contributed by atoms with van der Waals surface area (Å²) in [7, 11) is 1.58. The lowest BCUT2D eigenvalue weighted by atomic mass is 9.89. The maximum absolute atomic E-state index is 15.0. The molecule has 1 atom stereocenters. The number of rotatable bonds is 10. The fourth-order valence-electron chi connectivity index (χ4n) is 6.28. The van der Waals surface area contributed by atoms with Gasteiger partial charge in [0.25, 0.3) is 12.3 Å². The van der Waals surface area contributed by atoms with Crippen molar-refractivity contribution in [1.82, 2.24) is 24.8 Å². The van der Waals surface area contributed by atoms with Crippen molar-refractivity contribution in [1.29, 1.82) is 5.26 Å². The number of hydrogen-bond acceptors (Lipinski definition) is 11. The van der Waals surface area contributed by atoms with Gasteiger partial charge in [-0.15, -0.1) is 0 Å². The van der Waals surface area contributed by atoms with Crippen LogP contribution in [0.4, 0.5) is 24.9 Å². The number of amides is 1. The smallest absolute Gasteiger partial charge is 0.273 e. The Morgan fingerprint density at radius 1 is 1.10 bits per heavy atom. The number of benzene rings is 1. The Morgan fingerprint density at radius 2 is 1.85 bits per heavy atom. The summed E-state index contributed by atoms with van der Waals surface area (Å²) in [6.45, 7) is 3.83. The minimum atomic E-state index is -3.16. The van der Waals surface area contributed by atoms with E-state index in [0.29, 0.717) is 42.1 Å². The number of likely N-dealkylation sites (tertiary alicyclic amines) is 2. The summed E-state index contributed by atoms with van der Waals surface area (Å²) in [6.07, 6.45) is -2.25. The van der Waals surface area contributed by atoms with Gasteiger partial charge in [0.05, 0.1) is 38.1 Å². The summed E-state index contributed by atoms with van der Waals surface area (Å²) < 4.78 is 57.4. The standard InChI is InChI=1S/C33H36F3N7O5/c1-46-31-24(19-6-10-42(11-7-19)22-17-47-18-22)3-5-27(39-31)40-33-38-16-25(34)28(41-33)20-2-4-26(21(14-20)15-37)48-23-8-12-43(13-9-23)32(45)29(44)30(35)36/h2-5,14,16,19,22-23,29-30,44H,6-13,17-18H2,1H3,(H,38,39,40,41)/t29-/m1/s1. The van der Waals surface area contributed by atoms with E-state index < -0.39 is 30.4 Å². The van der Waals surface area contributed by atoms with Gasteiger partial charge in [-0.05, 0) is 62.2 Å². The molecule has 1 aromatic carbocycles. The predicted octanol–water partition coefficient (Wildman–Crippen LogP) is 3.88. The lowest BCUT2D eigenvalue weighted by Gasteiger charge is -2.41. The molecule has 0 unspecified atom stereocenters. The van der Waals surface area contributed by atoms with Crippen molar-refractivity contribution in [3.8, 4) is 29.0 Å². The van der Waals surface area contributed by atoms with Gasteiger partial charge >= 0.3 is 0 Å². The van der Waals surface area contributed by atoms with Crippen LogP contribution in [-0.4, -0.2) is 107 Å². The van der Waals surface area contributed by atoms with Crippen LogP contribution in [-0.2, 0) is 9.53 Å². The van der Waals surface area contributed by atoms with E-state index in [1.54, 1.807) is 13.2 Å². The van der Waals surface area contributed by atoms with Crippen LogP contribution in [0.5, 0.6) is 11.6 Å². The van der Waals surface area contributed by atoms with Crippen molar-refractivity contribution in [2.45, 2.75) is 56.3 Å². The number of methoxy groups -OCH3 is 1. The SMILES string of the molecule is COc1nc(Nc2ncc(F)c(-c3ccc(OC4CCN(C(=O)[C@H](O)C(F)F)CC4)c(C#N)c3)n2)ccc1C1CCN(C2COC2)CC1. The van der Waals surface area contributed by atoms with E-state index in [9.17, 15) is 28.3 Å². The summed E-state index contributed by atoms with van der Waals surface area (Å²) in [4.78, 5) is 28.7. The number of aliphatic hydroxyl groups is 1. The number of carbonyl (C=O) groups excluding carboxylic acids is 1. The molecule has 2 aromatic heterocycles. The van der Waals surface area contributed by atoms with Gasteiger partial charge in [0.2, 0.25) is 11.8 Å². The fourth-order valence-corrected chi connectivity index (χ4v) is 6.28. The predicted molar refractivity (Wildman–Crippen MR) is 167 cm³/mol. The van der Waals surface area contributed by atoms with E-state index in [-0.39, 0.29) is 36.0 Å². The second-order valence-corrected chi connectivity index (χ2v) is 12.1. The number of nitrogens with one attached hydrogen (secondary N) is 1. The zero-order valence-corrected chi connectivity index (χ0v) is 26.3. The maximum Gasteiger partial charge on any atom is 0.273 e. The lowest BCUT2D eigenvalue weighted by molar-refractivity contribution is -0.150. The van der Waals surface area contributed by atoms with E-state index in [1.807, 2.05) is 12.1 Å². The molecule has 0 radical (unpaired) electrons. The van der Waals surface area contributed by atoms with Gasteiger partial charge in [0, 0.05) is 37.1 Å². The van der Waals surface area contributed by atoms with Crippen LogP contribution in [0.15, 0.2) is 36.5 Å². The first-order valence-electron chi connectivity index (χ1n) is 15.9. The molecule has 3 aliphatic rings. The van der Waals surface area contributed by atoms with Crippen LogP contribution in [0.25, 0.3) is 11.3 Å². The molecule has 15 heteroatoms. The average Bonchev–Trinajstić information content (AvgIpc) is 3.08. The Kier molecular flexibility index (Phi) is 10.2. The number of pyridine rings is 1. The number of nitrogens with zero attached hydrogens (tertiary/aromatic N) is 6. The summed E-state index contributed by atoms with van der Waals surface area (Å²) in [5.74, 6) is -0.114. The molecule has 0 spiro atoms. The Labute approximate surface area is 275 Å². The van der Waals surface area contributed by atoms with Gasteiger partial charge in [-0.1, -0.05) is 0 Å². The van der Waals surface area contributed by atoms with Crippen LogP contribution in [0.3, 0.4) is 0 Å². The molecule has 2 N–H and O–H groups in total. The third-order valence-corrected chi connectivity index (χ3v) is 9.09. The Bertz CT molecular complexity index is 1660. The van der Waals surface area contributed by atoms with Gasteiger partial charge < -0.3 is 29.5 Å². The highest BCUT2D eigenvalue weighted by molar-refractivity contribution is 5.81. The largest absolute Gasteiger partial charge is 0.489 e. The minimum Gasteiger partial charge on any atom is -0.489 e. The first-order chi connectivity index (χ1) is 23.2. The lowest BCUT2D eigenvalue weighted by Crippen LogP contribution is -2.51. The molecule has 3 aliphatic heterocycles. The van der Waals surface area contributed by atoms with E-state index in [2.05, 4.69) is 31.2 Å². The topological polar surface area (TPSA) is 146 Å². The Balaban J connectivity index is 1.11. The number of nitriles is 1. The molecule has 0 saturated carbocycles. The Morgan fingerprint density at radius 3 is 2.50 bits per heavy atom. The molecule has 6 rings (SSSR count). The van der Waals surface area contributed by atoms with Crippen LogP contribution < -0.4 is 14.8 Å². The van der Waals surface area contributed by atoms with Gasteiger partial charge in [-0.25, -0.2) is 23.1 Å². The van der Waals surface area contributed by atoms with Crippen molar-refractivity contribution >= 4 is 17.7 Å². The number of alkyl halides is 2. The third-order valence-electron chi connectivity index (χ3n) is 9.09. The number of anilines is 2. The van der Waals surface area contributed by atoms with Gasteiger partial charge in [-0.3, -0.25) is 9.69 Å². The maximum atomic E-state index is 15.0. The molecule has 12 nitrogen and oxygen atoms in total. The van der Waals surface area contributed by atoms with Gasteiger partial charge in [0.1, 0.15) is 29.4 Å². The van der Waals surface area contributed by atoms with Gasteiger partial charge in [0.15, 0.2) is 11.9 Å². The van der Waals surface area contributed by atoms with E-state index >= 15 is 0 Å². The van der Waals surface area contributed by atoms with Crippen LogP contribution in [0.1, 0.15) is 42.7 Å². The molecule has 48 heavy (non-hydrogen) atoms. The molecule has 1 amide bonds. The molecule has 0 bridgehead atoms. The highest BCUT2D eigenvalue weighted by atomic mass is 19.3. The van der Waals surface area contributed by atoms with Crippen LogP contribution in [0.2, 0.25) is 0 Å². The number of piperidine rings is 2. The molecular formula is C33H36F3N7O5. The number of halogens is 3. The molecular weight excluding hydrogens is 631 g/mol. The molecule has 254 valence electrons. The summed E-state index contributed by atoms with van der Waals surface area (Å²) >= 11 is 0. The van der Waals surface area contributed by atoms with Crippen molar-refractivity contribution in [2.24, 2.45) is 0 Å². The monoisotopic (exact) mass is 667 g/mol. The number of aromatic nitrogens is 3. The molecule has 0 aliphatic carbocycles. The first-order valence-corrected chi connectivity index (χ1v) is 15.9. The second kappa shape index (κ2) is 14.7. The van der Waals surface area contributed by atoms with Crippen LogP contribution >= 0.6 is 0 Å². The Hall–Kier alpha value is -4.52. The molecule has 3 fully saturated rings. The first kappa shape index (κ1) is 33.4. The summed E-state index contributed by atoms with van der Waals surface area (Å²) in [5.41, 5.74) is 1.46. The molecule has 5 heterocycles. The van der Waals surface area contributed by atoms with E-state index in [1.165, 1.54) is 17.0 Å². The second-order valence-electron chi connectivity index (χ2n) is 12.1. The van der Waals surface area contributed by atoms with Crippen molar-refractivity contribution in [2.75, 3.05) is 51.8 Å². The quantitative estimate of drug-likeness (QED) is 0.325. The average molecular weight is 668 g/mol. The molecule has 3 saturated heterocycles. The van der Waals surface area contributed by atoms with Gasteiger partial charge in [-0.2, -0.15) is 10.2 Å². The van der Waals surface area contributed by atoms with Crippen molar-refractivity contribution in [3.63, 3.8) is 0 Å². The highest BCUT2D eigenvalue weighted by Gasteiger charge is 2.33. The minimum absolute atomic E-state index is 0.0350. The van der Waals surface area contributed by atoms with Crippen molar-refractivity contribution < 1.29 is 37.3 Å². The summed E-state index contributed by atoms with van der Waals surface area (Å²) in [6, 6.07) is 11.0. The zero-order chi connectivity index (χ0) is 33.8. The van der Waals surface area contributed by atoms with Crippen molar-refractivity contribution in [3.05, 3.63) is 53.5 Å². The number of carbonyl (C=O) groups is 1. The van der Waals surface area contributed by atoms with Crippen LogP contribution in [0, 0.1) is 17.1 Å².